The van der Waals surface area contributed by atoms with Gasteiger partial charge < -0.3 is 10.8 Å². The van der Waals surface area contributed by atoms with E-state index in [1.807, 2.05) is 6.07 Å². The van der Waals surface area contributed by atoms with Crippen LogP contribution in [0.1, 0.15) is 22.8 Å². The number of rotatable bonds is 3. The first-order valence-corrected chi connectivity index (χ1v) is 4.16. The van der Waals surface area contributed by atoms with Crippen molar-refractivity contribution < 1.29 is 9.90 Å². The van der Waals surface area contributed by atoms with Gasteiger partial charge in [0.25, 0.3) is 0 Å². The largest absolute Gasteiger partial charge is 0.393 e. The van der Waals surface area contributed by atoms with Crippen LogP contribution in [0.5, 0.6) is 0 Å². The fourth-order valence-corrected chi connectivity index (χ4v) is 1.19. The Bertz CT molecular complexity index is 308. The highest BCUT2D eigenvalue weighted by atomic mass is 16.3. The second kappa shape index (κ2) is 4.05. The number of primary amides is 1. The lowest BCUT2D eigenvalue weighted by Crippen LogP contribution is -2.12. The Labute approximate surface area is 77.2 Å². The summed E-state index contributed by atoms with van der Waals surface area (Å²) in [6, 6.07) is 6.99. The van der Waals surface area contributed by atoms with Gasteiger partial charge in [-0.15, -0.1) is 0 Å². The highest BCUT2D eigenvalue weighted by molar-refractivity contribution is 5.92. The van der Waals surface area contributed by atoms with Crippen molar-refractivity contribution >= 4 is 5.91 Å². The minimum Gasteiger partial charge on any atom is -0.393 e. The van der Waals surface area contributed by atoms with Crippen molar-refractivity contribution in [3.05, 3.63) is 35.4 Å². The van der Waals surface area contributed by atoms with Gasteiger partial charge in [-0.25, -0.2) is 0 Å². The minimum absolute atomic E-state index is 0.400. The third kappa shape index (κ3) is 2.87. The smallest absolute Gasteiger partial charge is 0.248 e. The number of benzene rings is 1. The van der Waals surface area contributed by atoms with Gasteiger partial charge in [0.15, 0.2) is 0 Å². The normalized spacial score (nSPS) is 12.5. The first-order valence-electron chi connectivity index (χ1n) is 4.16. The number of nitrogens with two attached hydrogens (primary N) is 1. The number of hydrogen-bond acceptors (Lipinski definition) is 2. The van der Waals surface area contributed by atoms with Crippen molar-refractivity contribution in [1.82, 2.24) is 0 Å². The lowest BCUT2D eigenvalue weighted by molar-refractivity contribution is 0.1000. The van der Waals surface area contributed by atoms with E-state index in [4.69, 9.17) is 10.8 Å². The van der Waals surface area contributed by atoms with Crippen LogP contribution in [0.3, 0.4) is 0 Å². The molecule has 70 valence electrons. The molecule has 0 spiro atoms. The highest BCUT2D eigenvalue weighted by Crippen LogP contribution is 2.07. The van der Waals surface area contributed by atoms with E-state index in [0.29, 0.717) is 12.0 Å². The Kier molecular flexibility index (Phi) is 3.03. The third-order valence-electron chi connectivity index (χ3n) is 1.74. The van der Waals surface area contributed by atoms with E-state index in [1.54, 1.807) is 25.1 Å². The molecule has 0 radical (unpaired) electrons. The summed E-state index contributed by atoms with van der Waals surface area (Å²) in [6.07, 6.45) is 0.143. The molecule has 0 aliphatic rings. The fraction of sp³-hybridized carbons (Fsp3) is 0.300. The lowest BCUT2D eigenvalue weighted by atomic mass is 10.1. The molecular formula is C10H13NO2. The maximum Gasteiger partial charge on any atom is 0.248 e. The van der Waals surface area contributed by atoms with Crippen molar-refractivity contribution in [2.75, 3.05) is 0 Å². The molecule has 0 aliphatic carbocycles. The molecule has 3 nitrogen and oxygen atoms in total. The molecule has 3 heteroatoms. The zero-order chi connectivity index (χ0) is 9.84. The van der Waals surface area contributed by atoms with Crippen molar-refractivity contribution in [3.8, 4) is 0 Å². The maximum absolute atomic E-state index is 10.8. The molecule has 1 amide bonds. The molecule has 1 aromatic carbocycles. The van der Waals surface area contributed by atoms with E-state index in [-0.39, 0.29) is 0 Å². The monoisotopic (exact) mass is 179 g/mol. The summed E-state index contributed by atoms with van der Waals surface area (Å²) >= 11 is 0. The van der Waals surface area contributed by atoms with Crippen LogP contribution < -0.4 is 5.73 Å². The predicted molar refractivity (Wildman–Crippen MR) is 50.3 cm³/mol. The molecule has 1 rings (SSSR count). The van der Waals surface area contributed by atoms with Crippen LogP contribution in [-0.4, -0.2) is 17.1 Å². The first kappa shape index (κ1) is 9.74. The molecule has 0 aliphatic heterocycles. The molecule has 3 N–H and O–H groups in total. The number of aliphatic hydroxyl groups is 1. The Balaban J connectivity index is 2.85. The molecule has 1 unspecified atom stereocenters. The Hall–Kier alpha value is -1.35. The van der Waals surface area contributed by atoms with Gasteiger partial charge in [0.1, 0.15) is 0 Å². The number of aliphatic hydroxyl groups excluding tert-OH is 1. The molecule has 13 heavy (non-hydrogen) atoms. The average molecular weight is 179 g/mol. The van der Waals surface area contributed by atoms with E-state index < -0.39 is 12.0 Å². The van der Waals surface area contributed by atoms with E-state index in [2.05, 4.69) is 0 Å². The van der Waals surface area contributed by atoms with Crippen LogP contribution in [0.4, 0.5) is 0 Å². The molecule has 0 heterocycles. The van der Waals surface area contributed by atoms with E-state index in [9.17, 15) is 4.79 Å². The highest BCUT2D eigenvalue weighted by Gasteiger charge is 2.03. The summed E-state index contributed by atoms with van der Waals surface area (Å²) in [5.41, 5.74) is 6.52. The number of carbonyl (C=O) groups excluding carboxylic acids is 1. The van der Waals surface area contributed by atoms with Crippen LogP contribution in [-0.2, 0) is 6.42 Å². The predicted octanol–water partition coefficient (Wildman–Crippen LogP) is 0.709. The van der Waals surface area contributed by atoms with E-state index in [0.717, 1.165) is 5.56 Å². The minimum atomic E-state index is -0.438. The van der Waals surface area contributed by atoms with Gasteiger partial charge in [-0.3, -0.25) is 4.79 Å². The quantitative estimate of drug-likeness (QED) is 0.717. The Morgan fingerprint density at radius 3 is 2.85 bits per heavy atom. The van der Waals surface area contributed by atoms with Gasteiger partial charge >= 0.3 is 0 Å². The van der Waals surface area contributed by atoms with Crippen LogP contribution in [0.25, 0.3) is 0 Å². The fourth-order valence-electron chi connectivity index (χ4n) is 1.19. The van der Waals surface area contributed by atoms with Crippen LogP contribution in [0, 0.1) is 0 Å². The van der Waals surface area contributed by atoms with Gasteiger partial charge in [0, 0.05) is 5.56 Å². The third-order valence-corrected chi connectivity index (χ3v) is 1.74. The van der Waals surface area contributed by atoms with Crippen molar-refractivity contribution in [3.63, 3.8) is 0 Å². The van der Waals surface area contributed by atoms with Gasteiger partial charge in [0.2, 0.25) is 5.91 Å². The molecule has 0 aromatic heterocycles. The molecule has 0 bridgehead atoms. The van der Waals surface area contributed by atoms with E-state index in [1.165, 1.54) is 0 Å². The summed E-state index contributed by atoms with van der Waals surface area (Å²) in [5.74, 6) is -0.438. The zero-order valence-corrected chi connectivity index (χ0v) is 7.53. The van der Waals surface area contributed by atoms with Gasteiger partial charge in [0.05, 0.1) is 6.10 Å². The maximum atomic E-state index is 10.8. The summed E-state index contributed by atoms with van der Waals surface area (Å²) in [7, 11) is 0. The van der Waals surface area contributed by atoms with Crippen LogP contribution in [0.15, 0.2) is 24.3 Å². The van der Waals surface area contributed by atoms with Crippen LogP contribution in [0.2, 0.25) is 0 Å². The lowest BCUT2D eigenvalue weighted by Gasteiger charge is -2.04. The summed E-state index contributed by atoms with van der Waals surface area (Å²) in [6.45, 7) is 1.71. The number of hydrogen-bond donors (Lipinski definition) is 2. The topological polar surface area (TPSA) is 63.3 Å². The molecule has 0 fully saturated rings. The summed E-state index contributed by atoms with van der Waals surface area (Å²) in [5, 5.41) is 9.12. The number of carbonyl (C=O) groups is 1. The summed E-state index contributed by atoms with van der Waals surface area (Å²) < 4.78 is 0. The second-order valence-electron chi connectivity index (χ2n) is 3.12. The molecule has 1 aromatic rings. The van der Waals surface area contributed by atoms with Crippen molar-refractivity contribution in [2.24, 2.45) is 5.73 Å². The zero-order valence-electron chi connectivity index (χ0n) is 7.53. The van der Waals surface area contributed by atoms with Gasteiger partial charge in [-0.1, -0.05) is 12.1 Å². The Morgan fingerprint density at radius 1 is 1.62 bits per heavy atom. The summed E-state index contributed by atoms with van der Waals surface area (Å²) in [4.78, 5) is 10.8. The SMILES string of the molecule is CC(O)Cc1cccc(C(N)=O)c1. The van der Waals surface area contributed by atoms with Gasteiger partial charge in [-0.05, 0) is 31.0 Å². The standard InChI is InChI=1S/C10H13NO2/c1-7(12)5-8-3-2-4-9(6-8)10(11)13/h2-4,6-7,12H,5H2,1H3,(H2,11,13). The number of amides is 1. The van der Waals surface area contributed by atoms with Crippen molar-refractivity contribution in [1.29, 1.82) is 0 Å². The van der Waals surface area contributed by atoms with Crippen molar-refractivity contribution in [2.45, 2.75) is 19.4 Å². The first-order chi connectivity index (χ1) is 6.09. The molecule has 1 atom stereocenters. The van der Waals surface area contributed by atoms with Crippen LogP contribution >= 0.6 is 0 Å². The molecule has 0 saturated heterocycles. The molecule has 0 saturated carbocycles. The second-order valence-corrected chi connectivity index (χ2v) is 3.12. The molecular weight excluding hydrogens is 166 g/mol. The van der Waals surface area contributed by atoms with Gasteiger partial charge in [-0.2, -0.15) is 0 Å². The Morgan fingerprint density at radius 2 is 2.31 bits per heavy atom. The average Bonchev–Trinajstić information content (AvgIpc) is 2.03. The van der Waals surface area contributed by atoms with E-state index >= 15 is 0 Å².